The van der Waals surface area contributed by atoms with Crippen LogP contribution in [0.25, 0.3) is 10.2 Å². The smallest absolute Gasteiger partial charge is 0.223 e. The quantitative estimate of drug-likeness (QED) is 0.264. The molecule has 1 aliphatic rings. The number of carbonyl (C=O) groups is 2. The molecule has 2 aromatic rings. The monoisotopic (exact) mass is 386 g/mol. The van der Waals surface area contributed by atoms with Gasteiger partial charge in [0.2, 0.25) is 11.7 Å². The van der Waals surface area contributed by atoms with E-state index in [-0.39, 0.29) is 23.4 Å². The second-order valence-corrected chi connectivity index (χ2v) is 8.20. The highest BCUT2D eigenvalue weighted by molar-refractivity contribution is 7.20. The van der Waals surface area contributed by atoms with Crippen LogP contribution in [0.2, 0.25) is 0 Å². The normalized spacial score (nSPS) is 15.7. The standard InChI is InChI=1S/C20H26N4O2S/c21-17(22)12-6-4-10-15(23-19(26)13-7-1-2-8-13)18(25)20-24-14-9-3-5-11-16(14)27-20/h3,5,9,11,13,15H,1-2,4,6-8,10,12H2,(H3,21,22)(H,23,26)/t15-/m0/s1. The molecule has 0 spiro atoms. The third kappa shape index (κ3) is 5.13. The van der Waals surface area contributed by atoms with Gasteiger partial charge in [0, 0.05) is 12.3 Å². The highest BCUT2D eigenvalue weighted by Crippen LogP contribution is 2.26. The number of thiazole rings is 1. The summed E-state index contributed by atoms with van der Waals surface area (Å²) >= 11 is 1.37. The Morgan fingerprint density at radius 2 is 2.00 bits per heavy atom. The number of Topliss-reactive ketones (excluding diaryl/α,β-unsaturated/α-hetero) is 1. The molecule has 1 atom stereocenters. The highest BCUT2D eigenvalue weighted by atomic mass is 32.1. The van der Waals surface area contributed by atoms with Crippen LogP contribution in [0.15, 0.2) is 24.3 Å². The number of nitrogens with two attached hydrogens (primary N) is 1. The molecule has 6 nitrogen and oxygen atoms in total. The van der Waals surface area contributed by atoms with E-state index in [4.69, 9.17) is 11.1 Å². The molecule has 1 aromatic carbocycles. The molecule has 1 amide bonds. The molecule has 144 valence electrons. The van der Waals surface area contributed by atoms with Gasteiger partial charge in [0.25, 0.3) is 0 Å². The number of amidine groups is 1. The summed E-state index contributed by atoms with van der Waals surface area (Å²) in [6.45, 7) is 0. The first-order chi connectivity index (χ1) is 13.0. The fourth-order valence-electron chi connectivity index (χ4n) is 3.54. The summed E-state index contributed by atoms with van der Waals surface area (Å²) in [5.41, 5.74) is 6.21. The molecule has 1 fully saturated rings. The van der Waals surface area contributed by atoms with Gasteiger partial charge in [-0.3, -0.25) is 15.0 Å². The first kappa shape index (κ1) is 19.5. The number of fused-ring (bicyclic) bond motifs is 1. The number of para-hydroxylation sites is 1. The van der Waals surface area contributed by atoms with Gasteiger partial charge >= 0.3 is 0 Å². The lowest BCUT2D eigenvalue weighted by molar-refractivity contribution is -0.125. The van der Waals surface area contributed by atoms with Gasteiger partial charge in [-0.05, 0) is 37.8 Å². The average molecular weight is 387 g/mol. The van der Waals surface area contributed by atoms with Crippen molar-refractivity contribution in [3.63, 3.8) is 0 Å². The summed E-state index contributed by atoms with van der Waals surface area (Å²) in [5, 5.41) is 10.7. The lowest BCUT2D eigenvalue weighted by Gasteiger charge is -2.19. The predicted octanol–water partition coefficient (Wildman–Crippen LogP) is 3.65. The third-order valence-corrected chi connectivity index (χ3v) is 6.10. The fraction of sp³-hybridized carbons (Fsp3) is 0.500. The van der Waals surface area contributed by atoms with Crippen LogP contribution in [0.1, 0.15) is 61.2 Å². The van der Waals surface area contributed by atoms with Crippen molar-refractivity contribution < 1.29 is 9.59 Å². The summed E-state index contributed by atoms with van der Waals surface area (Å²) in [5.74, 6) is 0.0378. The summed E-state index contributed by atoms with van der Waals surface area (Å²) in [7, 11) is 0. The molecule has 0 saturated heterocycles. The number of rotatable bonds is 9. The molecule has 1 heterocycles. The van der Waals surface area contributed by atoms with Crippen LogP contribution in [0.3, 0.4) is 0 Å². The van der Waals surface area contributed by atoms with Crippen LogP contribution in [0.4, 0.5) is 0 Å². The summed E-state index contributed by atoms with van der Waals surface area (Å²) in [4.78, 5) is 30.1. The predicted molar refractivity (Wildman–Crippen MR) is 108 cm³/mol. The van der Waals surface area contributed by atoms with E-state index < -0.39 is 6.04 Å². The number of hydrogen-bond donors (Lipinski definition) is 3. The number of aromatic nitrogens is 1. The van der Waals surface area contributed by atoms with Crippen molar-refractivity contribution in [2.24, 2.45) is 11.7 Å². The number of benzene rings is 1. The molecule has 0 unspecified atom stereocenters. The molecule has 0 bridgehead atoms. The van der Waals surface area contributed by atoms with E-state index in [0.717, 1.165) is 48.7 Å². The van der Waals surface area contributed by atoms with Crippen molar-refractivity contribution >= 4 is 39.1 Å². The molecule has 4 N–H and O–H groups in total. The Morgan fingerprint density at radius 3 is 2.70 bits per heavy atom. The lowest BCUT2D eigenvalue weighted by Crippen LogP contribution is -2.43. The van der Waals surface area contributed by atoms with Crippen LogP contribution in [-0.4, -0.2) is 28.6 Å². The Morgan fingerprint density at radius 1 is 1.26 bits per heavy atom. The molecule has 1 saturated carbocycles. The second-order valence-electron chi connectivity index (χ2n) is 7.16. The van der Waals surface area contributed by atoms with E-state index in [9.17, 15) is 9.59 Å². The lowest BCUT2D eigenvalue weighted by atomic mass is 10.0. The molecule has 0 radical (unpaired) electrons. The summed E-state index contributed by atoms with van der Waals surface area (Å²) < 4.78 is 0.971. The number of unbranched alkanes of at least 4 members (excludes halogenated alkanes) is 1. The van der Waals surface area contributed by atoms with Gasteiger partial charge < -0.3 is 11.1 Å². The zero-order valence-corrected chi connectivity index (χ0v) is 16.2. The Kier molecular flexibility index (Phi) is 6.55. The van der Waals surface area contributed by atoms with Crippen LogP contribution >= 0.6 is 11.3 Å². The molecular weight excluding hydrogens is 360 g/mol. The largest absolute Gasteiger partial charge is 0.388 e. The van der Waals surface area contributed by atoms with E-state index >= 15 is 0 Å². The van der Waals surface area contributed by atoms with E-state index in [1.807, 2.05) is 24.3 Å². The van der Waals surface area contributed by atoms with E-state index in [1.165, 1.54) is 11.3 Å². The van der Waals surface area contributed by atoms with Gasteiger partial charge in [-0.15, -0.1) is 11.3 Å². The van der Waals surface area contributed by atoms with Crippen molar-refractivity contribution in [3.05, 3.63) is 29.3 Å². The summed E-state index contributed by atoms with van der Waals surface area (Å²) in [6.07, 6.45) is 6.47. The third-order valence-electron chi connectivity index (χ3n) is 5.05. The van der Waals surface area contributed by atoms with Crippen LogP contribution in [0, 0.1) is 11.3 Å². The number of nitrogens with one attached hydrogen (secondary N) is 2. The number of hydrogen-bond acceptors (Lipinski definition) is 5. The molecule has 3 rings (SSSR count). The molecular formula is C20H26N4O2S. The zero-order valence-electron chi connectivity index (χ0n) is 15.4. The second kappa shape index (κ2) is 9.08. The summed E-state index contributed by atoms with van der Waals surface area (Å²) in [6, 6.07) is 7.10. The number of ketones is 1. The van der Waals surface area contributed by atoms with Crippen molar-refractivity contribution in [1.82, 2.24) is 10.3 Å². The Hall–Kier alpha value is -2.28. The van der Waals surface area contributed by atoms with Gasteiger partial charge in [-0.1, -0.05) is 31.4 Å². The first-order valence-electron chi connectivity index (χ1n) is 9.57. The average Bonchev–Trinajstić information content (AvgIpc) is 3.32. The highest BCUT2D eigenvalue weighted by Gasteiger charge is 2.29. The number of amides is 1. The van der Waals surface area contributed by atoms with Gasteiger partial charge in [-0.25, -0.2) is 4.98 Å². The van der Waals surface area contributed by atoms with Gasteiger partial charge in [0.1, 0.15) is 0 Å². The van der Waals surface area contributed by atoms with Crippen LogP contribution in [0.5, 0.6) is 0 Å². The Labute approximate surface area is 163 Å². The Balaban J connectivity index is 1.71. The molecule has 1 aliphatic carbocycles. The van der Waals surface area contributed by atoms with Gasteiger partial charge in [0.15, 0.2) is 5.01 Å². The molecule has 1 aromatic heterocycles. The van der Waals surface area contributed by atoms with Crippen LogP contribution in [-0.2, 0) is 4.79 Å². The van der Waals surface area contributed by atoms with Crippen molar-refractivity contribution in [2.75, 3.05) is 0 Å². The van der Waals surface area contributed by atoms with E-state index in [0.29, 0.717) is 17.8 Å². The molecule has 27 heavy (non-hydrogen) atoms. The minimum atomic E-state index is -0.564. The van der Waals surface area contributed by atoms with E-state index in [2.05, 4.69) is 10.3 Å². The van der Waals surface area contributed by atoms with E-state index in [1.54, 1.807) is 0 Å². The maximum absolute atomic E-state index is 13.1. The van der Waals surface area contributed by atoms with Gasteiger partial charge in [-0.2, -0.15) is 0 Å². The fourth-order valence-corrected chi connectivity index (χ4v) is 4.50. The minimum Gasteiger partial charge on any atom is -0.388 e. The number of nitrogens with zero attached hydrogens (tertiary/aromatic N) is 1. The Bertz CT molecular complexity index is 793. The van der Waals surface area contributed by atoms with Gasteiger partial charge in [0.05, 0.1) is 22.1 Å². The SMILES string of the molecule is N=C(N)CCCC[C@H](NC(=O)C1CCCC1)C(=O)c1nc2ccccc2s1. The topological polar surface area (TPSA) is 109 Å². The maximum Gasteiger partial charge on any atom is 0.223 e. The first-order valence-corrected chi connectivity index (χ1v) is 10.4. The molecule has 7 heteroatoms. The van der Waals surface area contributed by atoms with Crippen molar-refractivity contribution in [3.8, 4) is 0 Å². The zero-order chi connectivity index (χ0) is 19.2. The number of carbonyl (C=O) groups excluding carboxylic acids is 2. The maximum atomic E-state index is 13.1. The van der Waals surface area contributed by atoms with Crippen molar-refractivity contribution in [2.45, 2.75) is 57.4 Å². The van der Waals surface area contributed by atoms with Crippen LogP contribution < -0.4 is 11.1 Å². The molecule has 0 aliphatic heterocycles. The van der Waals surface area contributed by atoms with Crippen molar-refractivity contribution in [1.29, 1.82) is 5.41 Å². The minimum absolute atomic E-state index is 0.0153.